The first kappa shape index (κ1) is 29.1. The molecule has 0 N–H and O–H groups in total. The molecule has 1 saturated carbocycles. The van der Waals surface area contributed by atoms with Crippen LogP contribution in [0.4, 0.5) is 8.78 Å². The van der Waals surface area contributed by atoms with Gasteiger partial charge in [0.1, 0.15) is 5.75 Å². The van der Waals surface area contributed by atoms with Gasteiger partial charge < -0.3 is 19.4 Å². The van der Waals surface area contributed by atoms with E-state index in [9.17, 15) is 18.4 Å². The van der Waals surface area contributed by atoms with E-state index in [1.165, 1.54) is 5.56 Å². The molecule has 3 heterocycles. The zero-order valence-electron chi connectivity index (χ0n) is 24.7. The van der Waals surface area contributed by atoms with Crippen molar-refractivity contribution in [2.75, 3.05) is 46.4 Å². The minimum atomic E-state index is -2.63. The van der Waals surface area contributed by atoms with E-state index in [4.69, 9.17) is 4.74 Å². The minimum absolute atomic E-state index is 0.0556. The Hall–Kier alpha value is -3.00. The first-order valence-electron chi connectivity index (χ1n) is 15.6. The van der Waals surface area contributed by atoms with Gasteiger partial charge in [-0.3, -0.25) is 9.59 Å². The van der Waals surface area contributed by atoms with E-state index in [1.54, 1.807) is 7.11 Å². The van der Waals surface area contributed by atoms with Crippen molar-refractivity contribution in [1.29, 1.82) is 0 Å². The van der Waals surface area contributed by atoms with Gasteiger partial charge in [-0.15, -0.1) is 0 Å². The second kappa shape index (κ2) is 11.9. The highest BCUT2D eigenvalue weighted by molar-refractivity contribution is 5.85. The van der Waals surface area contributed by atoms with Gasteiger partial charge in [-0.1, -0.05) is 42.5 Å². The van der Waals surface area contributed by atoms with Crippen LogP contribution in [-0.4, -0.2) is 78.8 Å². The third kappa shape index (κ3) is 6.05. The molecule has 8 heteroatoms. The summed E-state index contributed by atoms with van der Waals surface area (Å²) in [5, 5.41) is 0. The number of benzene rings is 2. The predicted octanol–water partition coefficient (Wildman–Crippen LogP) is 5.58. The Bertz CT molecular complexity index is 1240. The van der Waals surface area contributed by atoms with E-state index in [-0.39, 0.29) is 60.7 Å². The molecule has 2 aromatic rings. The van der Waals surface area contributed by atoms with E-state index in [0.29, 0.717) is 19.6 Å². The predicted molar refractivity (Wildman–Crippen MR) is 157 cm³/mol. The molecule has 4 fully saturated rings. The van der Waals surface area contributed by atoms with Crippen LogP contribution < -0.4 is 4.74 Å². The van der Waals surface area contributed by atoms with E-state index in [0.717, 1.165) is 56.8 Å². The molecule has 4 aliphatic rings. The second-order valence-corrected chi connectivity index (χ2v) is 13.1. The number of hydrogen-bond acceptors (Lipinski definition) is 4. The van der Waals surface area contributed by atoms with Crippen LogP contribution in [0.15, 0.2) is 54.6 Å². The fourth-order valence-corrected chi connectivity index (χ4v) is 7.81. The van der Waals surface area contributed by atoms with Crippen molar-refractivity contribution < 1.29 is 23.1 Å². The molecular weight excluding hydrogens is 536 g/mol. The Labute approximate surface area is 248 Å². The number of hydrogen-bond donors (Lipinski definition) is 0. The SMILES string of the molecule is COc1ccc(CN2CCC3(CCN(CC4CN(C(=O)C5CCC(F)(F)CC5)CC4c4ccccc4)CC3)C2=O)cc1. The van der Waals surface area contributed by atoms with Crippen molar-refractivity contribution >= 4 is 11.8 Å². The molecule has 0 aromatic heterocycles. The molecule has 2 aromatic carbocycles. The molecule has 3 aliphatic heterocycles. The summed E-state index contributed by atoms with van der Waals surface area (Å²) in [4.78, 5) is 33.5. The Kier molecular flexibility index (Phi) is 8.27. The number of piperidine rings is 1. The Morgan fingerprint density at radius 1 is 0.905 bits per heavy atom. The second-order valence-electron chi connectivity index (χ2n) is 13.1. The Morgan fingerprint density at radius 3 is 2.24 bits per heavy atom. The standard InChI is InChI=1S/C34H43F2N3O3/c1-42-29-9-7-25(8-10-29)21-38-20-17-33(32(38)41)15-18-37(19-16-33)22-28-23-39(24-30(28)26-5-3-2-4-6-26)31(40)27-11-13-34(35,36)14-12-27/h2-10,27-28,30H,11-24H2,1H3. The summed E-state index contributed by atoms with van der Waals surface area (Å²) in [6, 6.07) is 18.3. The maximum absolute atomic E-state index is 13.7. The molecule has 6 rings (SSSR count). The summed E-state index contributed by atoms with van der Waals surface area (Å²) in [6.45, 7) is 5.40. The van der Waals surface area contributed by atoms with Crippen molar-refractivity contribution in [3.05, 3.63) is 65.7 Å². The molecule has 3 saturated heterocycles. The van der Waals surface area contributed by atoms with Crippen molar-refractivity contribution in [2.24, 2.45) is 17.3 Å². The number of alkyl halides is 2. The van der Waals surface area contributed by atoms with E-state index < -0.39 is 5.92 Å². The molecule has 2 atom stereocenters. The summed E-state index contributed by atoms with van der Waals surface area (Å²) in [6.07, 6.45) is 2.83. The quantitative estimate of drug-likeness (QED) is 0.430. The lowest BCUT2D eigenvalue weighted by atomic mass is 9.76. The number of methoxy groups -OCH3 is 1. The summed E-state index contributed by atoms with van der Waals surface area (Å²) in [5.41, 5.74) is 2.09. The molecule has 2 unspecified atom stereocenters. The molecule has 2 amide bonds. The fourth-order valence-electron chi connectivity index (χ4n) is 7.81. The molecule has 42 heavy (non-hydrogen) atoms. The molecule has 1 spiro atoms. The zero-order valence-corrected chi connectivity index (χ0v) is 24.7. The fraction of sp³-hybridized carbons (Fsp3) is 0.588. The van der Waals surface area contributed by atoms with Crippen LogP contribution in [0, 0.1) is 17.3 Å². The number of amides is 2. The summed E-state index contributed by atoms with van der Waals surface area (Å²) in [7, 11) is 1.66. The lowest BCUT2D eigenvalue weighted by Crippen LogP contribution is -2.46. The Morgan fingerprint density at radius 2 is 1.57 bits per heavy atom. The molecule has 0 radical (unpaired) electrons. The van der Waals surface area contributed by atoms with Crippen LogP contribution in [0.1, 0.15) is 62.0 Å². The molecule has 226 valence electrons. The van der Waals surface area contributed by atoms with Crippen LogP contribution in [0.5, 0.6) is 5.75 Å². The van der Waals surface area contributed by atoms with Crippen molar-refractivity contribution in [1.82, 2.24) is 14.7 Å². The largest absolute Gasteiger partial charge is 0.497 e. The number of carbonyl (C=O) groups is 2. The lowest BCUT2D eigenvalue weighted by Gasteiger charge is -2.39. The topological polar surface area (TPSA) is 53.1 Å². The van der Waals surface area contributed by atoms with Crippen LogP contribution in [-0.2, 0) is 16.1 Å². The van der Waals surface area contributed by atoms with Crippen LogP contribution >= 0.6 is 0 Å². The number of ether oxygens (including phenoxy) is 1. The highest BCUT2D eigenvalue weighted by atomic mass is 19.3. The van der Waals surface area contributed by atoms with E-state index >= 15 is 0 Å². The Balaban J connectivity index is 1.07. The number of rotatable bonds is 7. The summed E-state index contributed by atoms with van der Waals surface area (Å²) >= 11 is 0. The van der Waals surface area contributed by atoms with Gasteiger partial charge in [0.2, 0.25) is 17.7 Å². The van der Waals surface area contributed by atoms with E-state index in [1.807, 2.05) is 52.3 Å². The molecule has 0 bridgehead atoms. The third-order valence-corrected chi connectivity index (χ3v) is 10.5. The molecule has 6 nitrogen and oxygen atoms in total. The molecule has 1 aliphatic carbocycles. The number of likely N-dealkylation sites (tertiary alicyclic amines) is 3. The first-order valence-corrected chi connectivity index (χ1v) is 15.6. The smallest absolute Gasteiger partial charge is 0.248 e. The number of carbonyl (C=O) groups excluding carboxylic acids is 2. The summed E-state index contributed by atoms with van der Waals surface area (Å²) < 4.78 is 32.8. The first-order chi connectivity index (χ1) is 20.2. The van der Waals surface area contributed by atoms with Gasteiger partial charge in [-0.2, -0.15) is 0 Å². The zero-order chi connectivity index (χ0) is 29.3. The van der Waals surface area contributed by atoms with Crippen LogP contribution in [0.25, 0.3) is 0 Å². The maximum atomic E-state index is 13.7. The van der Waals surface area contributed by atoms with Gasteiger partial charge in [0, 0.05) is 57.4 Å². The van der Waals surface area contributed by atoms with Crippen molar-refractivity contribution in [2.45, 2.75) is 63.3 Å². The number of nitrogens with zero attached hydrogens (tertiary/aromatic N) is 3. The van der Waals surface area contributed by atoms with E-state index in [2.05, 4.69) is 17.0 Å². The maximum Gasteiger partial charge on any atom is 0.248 e. The van der Waals surface area contributed by atoms with Gasteiger partial charge in [0.15, 0.2) is 0 Å². The third-order valence-electron chi connectivity index (χ3n) is 10.5. The average Bonchev–Trinajstić information content (AvgIpc) is 3.56. The van der Waals surface area contributed by atoms with Crippen LogP contribution in [0.2, 0.25) is 0 Å². The highest BCUT2D eigenvalue weighted by Crippen LogP contribution is 2.44. The normalized spacial score (nSPS) is 26.2. The summed E-state index contributed by atoms with van der Waals surface area (Å²) in [5.74, 6) is -1.25. The van der Waals surface area contributed by atoms with Crippen molar-refractivity contribution in [3.63, 3.8) is 0 Å². The highest BCUT2D eigenvalue weighted by Gasteiger charge is 2.49. The van der Waals surface area contributed by atoms with Crippen molar-refractivity contribution in [3.8, 4) is 5.75 Å². The van der Waals surface area contributed by atoms with Gasteiger partial charge in [-0.25, -0.2) is 8.78 Å². The number of halogens is 2. The van der Waals surface area contributed by atoms with Gasteiger partial charge in [0.25, 0.3) is 0 Å². The molecular formula is C34H43F2N3O3. The average molecular weight is 580 g/mol. The van der Waals surface area contributed by atoms with Gasteiger partial charge >= 0.3 is 0 Å². The van der Waals surface area contributed by atoms with Gasteiger partial charge in [0.05, 0.1) is 12.5 Å². The minimum Gasteiger partial charge on any atom is -0.497 e. The monoisotopic (exact) mass is 579 g/mol. The van der Waals surface area contributed by atoms with Crippen LogP contribution in [0.3, 0.4) is 0 Å². The lowest BCUT2D eigenvalue weighted by molar-refractivity contribution is -0.140. The van der Waals surface area contributed by atoms with Gasteiger partial charge in [-0.05, 0) is 74.4 Å².